The molecule has 0 aliphatic carbocycles. The smallest absolute Gasteiger partial charge is 0.253 e. The molecule has 0 spiro atoms. The molecule has 0 atom stereocenters. The molecule has 2 aliphatic rings. The maximum atomic E-state index is 12.9. The Morgan fingerprint density at radius 1 is 1.04 bits per heavy atom. The van der Waals surface area contributed by atoms with E-state index in [4.69, 9.17) is 5.73 Å². The Hall–Kier alpha value is -5.47. The van der Waals surface area contributed by atoms with Crippen LogP contribution in [-0.4, -0.2) is 81.3 Å². The van der Waals surface area contributed by atoms with E-state index in [0.717, 1.165) is 61.7 Å². The molecule has 0 radical (unpaired) electrons. The standard InChI is InChI=1S/C35H36N8O3/c1-3-42-15-17-43(18-16-42)34(46)25-9-11-27(12-10-25)39-31(44)20-24-6-4-5-23(19-24)7-8-26-22-38-35(36)40-32(26)30-21-28-29(41(30)2)13-14-37-33(28)45/h4-6,9-12,19,21-22H,3,13-18,20H2,1-2H3,(H,37,45)(H,39,44)(H2,36,38,40). The Kier molecular flexibility index (Phi) is 8.81. The fourth-order valence-electron chi connectivity index (χ4n) is 5.88. The van der Waals surface area contributed by atoms with Gasteiger partial charge in [-0.15, -0.1) is 0 Å². The predicted octanol–water partition coefficient (Wildman–Crippen LogP) is 2.71. The monoisotopic (exact) mass is 616 g/mol. The van der Waals surface area contributed by atoms with Gasteiger partial charge >= 0.3 is 0 Å². The Bertz CT molecular complexity index is 1860. The van der Waals surface area contributed by atoms with E-state index in [1.54, 1.807) is 30.5 Å². The van der Waals surface area contributed by atoms with E-state index in [1.807, 2.05) is 46.8 Å². The average Bonchev–Trinajstić information content (AvgIpc) is 3.41. The fourth-order valence-corrected chi connectivity index (χ4v) is 5.88. The summed E-state index contributed by atoms with van der Waals surface area (Å²) in [6, 6.07) is 16.3. The molecular formula is C35H36N8O3. The number of amides is 3. The first kappa shape index (κ1) is 30.6. The summed E-state index contributed by atoms with van der Waals surface area (Å²) >= 11 is 0. The van der Waals surface area contributed by atoms with Crippen molar-refractivity contribution < 1.29 is 14.4 Å². The molecule has 2 aromatic carbocycles. The van der Waals surface area contributed by atoms with Crippen LogP contribution in [0.3, 0.4) is 0 Å². The van der Waals surface area contributed by atoms with Crippen molar-refractivity contribution in [1.82, 2.24) is 29.7 Å². The van der Waals surface area contributed by atoms with Gasteiger partial charge in [-0.1, -0.05) is 30.9 Å². The maximum absolute atomic E-state index is 12.9. The van der Waals surface area contributed by atoms with Gasteiger partial charge in [0.1, 0.15) is 5.69 Å². The van der Waals surface area contributed by atoms with Gasteiger partial charge < -0.3 is 30.7 Å². The van der Waals surface area contributed by atoms with Crippen molar-refractivity contribution in [3.8, 4) is 23.2 Å². The predicted molar refractivity (Wildman–Crippen MR) is 176 cm³/mol. The first-order chi connectivity index (χ1) is 22.3. The molecule has 234 valence electrons. The van der Waals surface area contributed by atoms with Crippen molar-refractivity contribution in [3.63, 3.8) is 0 Å². The summed E-state index contributed by atoms with van der Waals surface area (Å²) in [5.74, 6) is 6.17. The van der Waals surface area contributed by atoms with E-state index in [1.165, 1.54) is 0 Å². The Labute approximate surface area is 267 Å². The lowest BCUT2D eigenvalue weighted by molar-refractivity contribution is -0.115. The lowest BCUT2D eigenvalue weighted by atomic mass is 10.1. The van der Waals surface area contributed by atoms with Crippen molar-refractivity contribution in [2.45, 2.75) is 19.8 Å². The number of nitrogens with zero attached hydrogens (tertiary/aromatic N) is 5. The quantitative estimate of drug-likeness (QED) is 0.283. The highest BCUT2D eigenvalue weighted by atomic mass is 16.2. The molecule has 4 N–H and O–H groups in total. The van der Waals surface area contributed by atoms with Crippen molar-refractivity contribution in [2.75, 3.05) is 50.3 Å². The lowest BCUT2D eigenvalue weighted by Gasteiger charge is -2.34. The summed E-state index contributed by atoms with van der Waals surface area (Å²) in [5, 5.41) is 5.79. The molecule has 2 aromatic heterocycles. The number of benzene rings is 2. The van der Waals surface area contributed by atoms with Crippen molar-refractivity contribution in [2.24, 2.45) is 7.05 Å². The normalized spacial score (nSPS) is 14.6. The van der Waals surface area contributed by atoms with Gasteiger partial charge in [-0.05, 0) is 54.6 Å². The highest BCUT2D eigenvalue weighted by Gasteiger charge is 2.25. The molecular weight excluding hydrogens is 580 g/mol. The minimum atomic E-state index is -0.175. The Balaban J connectivity index is 1.12. The number of piperazine rings is 1. The molecule has 4 aromatic rings. The number of rotatable bonds is 6. The van der Waals surface area contributed by atoms with Crippen LogP contribution in [0.5, 0.6) is 0 Å². The summed E-state index contributed by atoms with van der Waals surface area (Å²) in [5.41, 5.74) is 12.1. The van der Waals surface area contributed by atoms with Crippen molar-refractivity contribution in [1.29, 1.82) is 0 Å². The van der Waals surface area contributed by atoms with Crippen LogP contribution >= 0.6 is 0 Å². The maximum Gasteiger partial charge on any atom is 0.253 e. The van der Waals surface area contributed by atoms with Crippen LogP contribution in [0.15, 0.2) is 60.8 Å². The molecule has 3 amide bonds. The Morgan fingerprint density at radius 2 is 1.83 bits per heavy atom. The third-order valence-corrected chi connectivity index (χ3v) is 8.46. The van der Waals surface area contributed by atoms with Crippen LogP contribution in [0.1, 0.15) is 50.0 Å². The van der Waals surface area contributed by atoms with Gasteiger partial charge in [-0.25, -0.2) is 9.97 Å². The van der Waals surface area contributed by atoms with E-state index < -0.39 is 0 Å². The second-order valence-corrected chi connectivity index (χ2v) is 11.4. The summed E-state index contributed by atoms with van der Waals surface area (Å²) in [4.78, 5) is 51.0. The van der Waals surface area contributed by atoms with Crippen molar-refractivity contribution >= 4 is 29.4 Å². The van der Waals surface area contributed by atoms with Gasteiger partial charge in [0.05, 0.1) is 23.2 Å². The number of nitrogen functional groups attached to an aromatic ring is 1. The van der Waals surface area contributed by atoms with E-state index in [0.29, 0.717) is 34.6 Å². The highest BCUT2D eigenvalue weighted by Crippen LogP contribution is 2.28. The van der Waals surface area contributed by atoms with Gasteiger partial charge in [0.15, 0.2) is 0 Å². The van der Waals surface area contributed by atoms with Gasteiger partial charge in [0, 0.05) is 74.9 Å². The number of nitrogens with one attached hydrogen (secondary N) is 2. The second-order valence-electron chi connectivity index (χ2n) is 11.4. The summed E-state index contributed by atoms with van der Waals surface area (Å²) in [6.45, 7) is 6.92. The number of likely N-dealkylation sites (N-methyl/N-ethyl adjacent to an activating group) is 1. The topological polar surface area (TPSA) is 138 Å². The zero-order valence-corrected chi connectivity index (χ0v) is 26.0. The first-order valence-corrected chi connectivity index (χ1v) is 15.4. The molecule has 2 aliphatic heterocycles. The van der Waals surface area contributed by atoms with Crippen LogP contribution < -0.4 is 16.4 Å². The largest absolute Gasteiger partial charge is 0.368 e. The number of nitrogens with two attached hydrogens (primary N) is 1. The molecule has 0 unspecified atom stereocenters. The lowest BCUT2D eigenvalue weighted by Crippen LogP contribution is -2.48. The van der Waals surface area contributed by atoms with Crippen LogP contribution in [0.25, 0.3) is 11.4 Å². The van der Waals surface area contributed by atoms with E-state index in [2.05, 4.69) is 44.3 Å². The molecule has 0 bridgehead atoms. The van der Waals surface area contributed by atoms with E-state index in [9.17, 15) is 14.4 Å². The van der Waals surface area contributed by atoms with Crippen LogP contribution in [0.2, 0.25) is 0 Å². The summed E-state index contributed by atoms with van der Waals surface area (Å²) in [7, 11) is 1.90. The number of carbonyl (C=O) groups is 3. The number of carbonyl (C=O) groups excluding carboxylic acids is 3. The molecule has 46 heavy (non-hydrogen) atoms. The fraction of sp³-hybridized carbons (Fsp3) is 0.286. The third kappa shape index (κ3) is 6.62. The minimum absolute atomic E-state index is 0.0133. The Morgan fingerprint density at radius 3 is 2.57 bits per heavy atom. The van der Waals surface area contributed by atoms with Gasteiger partial charge in [0.25, 0.3) is 11.8 Å². The summed E-state index contributed by atoms with van der Waals surface area (Å²) in [6.07, 6.45) is 2.46. The van der Waals surface area contributed by atoms with E-state index in [-0.39, 0.29) is 30.1 Å². The van der Waals surface area contributed by atoms with Gasteiger partial charge in [0.2, 0.25) is 11.9 Å². The SMILES string of the molecule is CCN1CCN(C(=O)c2ccc(NC(=O)Cc3cccc(C#Cc4cnc(N)nc4-c4cc5c(n4C)CCNC5=O)c3)cc2)CC1. The molecule has 0 saturated carbocycles. The highest BCUT2D eigenvalue weighted by molar-refractivity contribution is 5.98. The molecule has 1 fully saturated rings. The van der Waals surface area contributed by atoms with Gasteiger partial charge in [-0.3, -0.25) is 14.4 Å². The zero-order valence-electron chi connectivity index (χ0n) is 26.0. The van der Waals surface area contributed by atoms with Crippen LogP contribution in [-0.2, 0) is 24.7 Å². The summed E-state index contributed by atoms with van der Waals surface area (Å²) < 4.78 is 1.96. The minimum Gasteiger partial charge on any atom is -0.368 e. The number of fused-ring (bicyclic) bond motifs is 1. The molecule has 4 heterocycles. The number of anilines is 2. The van der Waals surface area contributed by atoms with E-state index >= 15 is 0 Å². The first-order valence-electron chi connectivity index (χ1n) is 15.4. The number of aromatic nitrogens is 3. The second kappa shape index (κ2) is 13.3. The van der Waals surface area contributed by atoms with Gasteiger partial charge in [-0.2, -0.15) is 0 Å². The zero-order chi connectivity index (χ0) is 32.2. The molecule has 11 nitrogen and oxygen atoms in total. The third-order valence-electron chi connectivity index (χ3n) is 8.46. The number of hydrogen-bond acceptors (Lipinski definition) is 7. The van der Waals surface area contributed by atoms with Crippen LogP contribution in [0, 0.1) is 11.8 Å². The molecule has 6 rings (SSSR count). The van der Waals surface area contributed by atoms with Crippen LogP contribution in [0.4, 0.5) is 11.6 Å². The van der Waals surface area contributed by atoms with Crippen molar-refractivity contribution in [3.05, 3.63) is 94.3 Å². The molecule has 1 saturated heterocycles. The molecule has 11 heteroatoms. The number of hydrogen-bond donors (Lipinski definition) is 3. The average molecular weight is 617 g/mol.